The molecule has 2 unspecified atom stereocenters. The molecule has 1 aromatic rings. The number of hydrogen-bond acceptors (Lipinski definition) is 3. The molecule has 1 fully saturated rings. The summed E-state index contributed by atoms with van der Waals surface area (Å²) in [4.78, 5) is 0. The van der Waals surface area contributed by atoms with E-state index < -0.39 is 17.7 Å². The summed E-state index contributed by atoms with van der Waals surface area (Å²) in [5.41, 5.74) is 0.0411. The Morgan fingerprint density at radius 1 is 1.50 bits per heavy atom. The van der Waals surface area contributed by atoms with Gasteiger partial charge in [-0.2, -0.15) is 11.8 Å². The fourth-order valence-electron chi connectivity index (χ4n) is 2.04. The Labute approximate surface area is 118 Å². The second kappa shape index (κ2) is 6.32. The van der Waals surface area contributed by atoms with Crippen LogP contribution >= 0.6 is 27.7 Å². The Morgan fingerprint density at radius 2 is 2.28 bits per heavy atom. The van der Waals surface area contributed by atoms with Crippen LogP contribution in [0.3, 0.4) is 0 Å². The minimum atomic E-state index is -0.562. The van der Waals surface area contributed by atoms with E-state index >= 15 is 0 Å². The largest absolute Gasteiger partial charge is 0.375 e. The van der Waals surface area contributed by atoms with Gasteiger partial charge in [-0.1, -0.05) is 0 Å². The Bertz CT molecular complexity index is 427. The number of rotatable bonds is 3. The fourth-order valence-corrected chi connectivity index (χ4v) is 3.29. The zero-order valence-electron chi connectivity index (χ0n) is 9.88. The van der Waals surface area contributed by atoms with E-state index in [0.717, 1.165) is 11.5 Å². The summed E-state index contributed by atoms with van der Waals surface area (Å²) in [6.45, 7) is 0.616. The monoisotopic (exact) mass is 337 g/mol. The van der Waals surface area contributed by atoms with Crippen LogP contribution in [0.25, 0.3) is 0 Å². The fraction of sp³-hybridized carbons (Fsp3) is 0.500. The highest BCUT2D eigenvalue weighted by molar-refractivity contribution is 9.10. The maximum Gasteiger partial charge on any atom is 0.145 e. The number of nitrogens with one attached hydrogen (secondary N) is 1. The molecule has 1 N–H and O–H groups in total. The van der Waals surface area contributed by atoms with Gasteiger partial charge in [0.25, 0.3) is 0 Å². The summed E-state index contributed by atoms with van der Waals surface area (Å²) in [5.74, 6) is 0.551. The van der Waals surface area contributed by atoms with Crippen LogP contribution in [-0.2, 0) is 4.74 Å². The van der Waals surface area contributed by atoms with Crippen molar-refractivity contribution in [2.45, 2.75) is 12.1 Å². The van der Waals surface area contributed by atoms with E-state index in [2.05, 4.69) is 21.2 Å². The lowest BCUT2D eigenvalue weighted by Gasteiger charge is -2.30. The molecule has 2 nitrogen and oxygen atoms in total. The smallest absolute Gasteiger partial charge is 0.145 e. The van der Waals surface area contributed by atoms with E-state index in [1.807, 2.05) is 0 Å². The normalized spacial score (nSPS) is 21.9. The van der Waals surface area contributed by atoms with Gasteiger partial charge in [-0.3, -0.25) is 0 Å². The van der Waals surface area contributed by atoms with Gasteiger partial charge in [0.05, 0.1) is 23.2 Å². The molecular weight excluding hydrogens is 324 g/mol. The molecule has 0 aromatic heterocycles. The highest BCUT2D eigenvalue weighted by atomic mass is 79.9. The topological polar surface area (TPSA) is 21.3 Å². The number of thioether (sulfide) groups is 1. The number of likely N-dealkylation sites (N-methyl/N-ethyl adjacent to an activating group) is 1. The first-order valence-electron chi connectivity index (χ1n) is 5.65. The summed E-state index contributed by atoms with van der Waals surface area (Å²) in [7, 11) is 1.69. The summed E-state index contributed by atoms with van der Waals surface area (Å²) in [6, 6.07) is 2.16. The first-order valence-corrected chi connectivity index (χ1v) is 7.60. The molecule has 0 amide bonds. The molecule has 18 heavy (non-hydrogen) atoms. The van der Waals surface area contributed by atoms with Crippen molar-refractivity contribution in [3.8, 4) is 0 Å². The molecule has 0 spiro atoms. The number of hydrogen-bond donors (Lipinski definition) is 1. The predicted octanol–water partition coefficient (Wildman–Crippen LogP) is 3.12. The zero-order valence-corrected chi connectivity index (χ0v) is 12.3. The average Bonchev–Trinajstić information content (AvgIpc) is 2.40. The molecule has 0 saturated carbocycles. The molecule has 1 aliphatic heterocycles. The van der Waals surface area contributed by atoms with Gasteiger partial charge in [-0.15, -0.1) is 0 Å². The molecule has 6 heteroatoms. The summed E-state index contributed by atoms with van der Waals surface area (Å²) in [6.07, 6.45) is -0.216. The van der Waals surface area contributed by atoms with Gasteiger partial charge in [-0.05, 0) is 35.1 Å². The van der Waals surface area contributed by atoms with E-state index in [4.69, 9.17) is 4.74 Å². The molecule has 100 valence electrons. The number of benzene rings is 1. The van der Waals surface area contributed by atoms with E-state index in [1.165, 1.54) is 12.1 Å². The molecular formula is C12H14BrF2NOS. The van der Waals surface area contributed by atoms with Crippen molar-refractivity contribution in [2.75, 3.05) is 25.2 Å². The van der Waals surface area contributed by atoms with Gasteiger partial charge in [-0.25, -0.2) is 8.78 Å². The van der Waals surface area contributed by atoms with E-state index in [0.29, 0.717) is 6.61 Å². The minimum absolute atomic E-state index is 0.0411. The molecule has 1 heterocycles. The van der Waals surface area contributed by atoms with Crippen molar-refractivity contribution in [3.05, 3.63) is 33.8 Å². The summed E-state index contributed by atoms with van der Waals surface area (Å²) >= 11 is 4.82. The minimum Gasteiger partial charge on any atom is -0.375 e. The van der Waals surface area contributed by atoms with Gasteiger partial charge in [0.1, 0.15) is 11.6 Å². The van der Waals surface area contributed by atoms with Gasteiger partial charge in [0.15, 0.2) is 0 Å². The zero-order chi connectivity index (χ0) is 13.1. The third-order valence-corrected chi connectivity index (χ3v) is 4.55. The molecule has 1 aliphatic rings. The SMILES string of the molecule is CNC(c1c(F)ccc(Br)c1F)C1CSCCO1. The Hall–Kier alpha value is -0.170. The standard InChI is InChI=1S/C12H14BrF2NOS/c1-16-12(9-6-18-5-4-17-9)10-8(14)3-2-7(13)11(10)15/h2-3,9,12,16H,4-6H2,1H3. The van der Waals surface area contributed by atoms with Crippen LogP contribution in [0.1, 0.15) is 11.6 Å². The van der Waals surface area contributed by atoms with Crippen LogP contribution in [0.2, 0.25) is 0 Å². The second-order valence-electron chi connectivity index (χ2n) is 4.01. The molecule has 2 atom stereocenters. The van der Waals surface area contributed by atoms with Crippen molar-refractivity contribution >= 4 is 27.7 Å². The Balaban J connectivity index is 2.34. The quantitative estimate of drug-likeness (QED) is 0.856. The maximum atomic E-state index is 14.1. The Morgan fingerprint density at radius 3 is 2.89 bits per heavy atom. The first kappa shape index (κ1) is 14.2. The molecule has 0 radical (unpaired) electrons. The lowest BCUT2D eigenvalue weighted by Crippen LogP contribution is -2.37. The average molecular weight is 338 g/mol. The maximum absolute atomic E-state index is 14.1. The van der Waals surface area contributed by atoms with Crippen LogP contribution in [-0.4, -0.2) is 31.3 Å². The van der Waals surface area contributed by atoms with E-state index in [9.17, 15) is 8.78 Å². The number of ether oxygens (including phenoxy) is 1. The van der Waals surface area contributed by atoms with Crippen LogP contribution < -0.4 is 5.32 Å². The van der Waals surface area contributed by atoms with Crippen LogP contribution in [0.15, 0.2) is 16.6 Å². The van der Waals surface area contributed by atoms with Gasteiger partial charge < -0.3 is 10.1 Å². The van der Waals surface area contributed by atoms with Crippen LogP contribution in [0.4, 0.5) is 8.78 Å². The molecule has 2 rings (SSSR count). The molecule has 1 aromatic carbocycles. The highest BCUT2D eigenvalue weighted by Crippen LogP contribution is 2.31. The van der Waals surface area contributed by atoms with E-state index in [-0.39, 0.29) is 16.1 Å². The third kappa shape index (κ3) is 2.87. The highest BCUT2D eigenvalue weighted by Gasteiger charge is 2.30. The molecule has 0 bridgehead atoms. The molecule has 1 saturated heterocycles. The summed E-state index contributed by atoms with van der Waals surface area (Å²) < 4.78 is 33.8. The predicted molar refractivity (Wildman–Crippen MR) is 72.9 cm³/mol. The van der Waals surface area contributed by atoms with Crippen molar-refractivity contribution in [1.82, 2.24) is 5.32 Å². The van der Waals surface area contributed by atoms with Crippen molar-refractivity contribution < 1.29 is 13.5 Å². The van der Waals surface area contributed by atoms with Crippen molar-refractivity contribution in [2.24, 2.45) is 0 Å². The van der Waals surface area contributed by atoms with Crippen LogP contribution in [0.5, 0.6) is 0 Å². The van der Waals surface area contributed by atoms with E-state index in [1.54, 1.807) is 18.8 Å². The second-order valence-corrected chi connectivity index (χ2v) is 6.01. The van der Waals surface area contributed by atoms with Gasteiger partial charge in [0.2, 0.25) is 0 Å². The van der Waals surface area contributed by atoms with Crippen molar-refractivity contribution in [3.63, 3.8) is 0 Å². The third-order valence-electron chi connectivity index (χ3n) is 2.91. The first-order chi connectivity index (χ1) is 8.65. The summed E-state index contributed by atoms with van der Waals surface area (Å²) in [5, 5.41) is 2.96. The van der Waals surface area contributed by atoms with Crippen molar-refractivity contribution in [1.29, 1.82) is 0 Å². The molecule has 0 aliphatic carbocycles. The van der Waals surface area contributed by atoms with Crippen LogP contribution in [0, 0.1) is 11.6 Å². The van der Waals surface area contributed by atoms with Gasteiger partial charge >= 0.3 is 0 Å². The van der Waals surface area contributed by atoms with Gasteiger partial charge in [0, 0.05) is 17.1 Å². The lowest BCUT2D eigenvalue weighted by molar-refractivity contribution is 0.0469. The number of halogens is 3. The lowest BCUT2D eigenvalue weighted by atomic mass is 10.0. The Kier molecular flexibility index (Phi) is 5.00.